The van der Waals surface area contributed by atoms with Crippen molar-refractivity contribution in [2.24, 2.45) is 5.92 Å². The molecule has 2 aromatic rings. The van der Waals surface area contributed by atoms with Crippen LogP contribution in [0.15, 0.2) is 23.3 Å². The minimum Gasteiger partial charge on any atom is -0.373 e. The molecule has 0 N–H and O–H groups in total. The predicted octanol–water partition coefficient (Wildman–Crippen LogP) is 1.82. The second-order valence-electron chi connectivity index (χ2n) is 7.23. The van der Waals surface area contributed by atoms with Gasteiger partial charge in [0.15, 0.2) is 0 Å². The average molecular weight is 379 g/mol. The number of ether oxygens (including phenoxy) is 1. The zero-order chi connectivity index (χ0) is 18.8. The molecule has 0 aromatic carbocycles. The summed E-state index contributed by atoms with van der Waals surface area (Å²) < 4.78 is 34.1. The van der Waals surface area contributed by atoms with Gasteiger partial charge in [-0.05, 0) is 37.9 Å². The van der Waals surface area contributed by atoms with Crippen molar-refractivity contribution in [3.63, 3.8) is 0 Å². The van der Waals surface area contributed by atoms with Crippen LogP contribution in [0.3, 0.4) is 0 Å². The monoisotopic (exact) mass is 379 g/mol. The van der Waals surface area contributed by atoms with E-state index in [2.05, 4.69) is 21.0 Å². The van der Waals surface area contributed by atoms with Gasteiger partial charge in [0, 0.05) is 19.2 Å². The lowest BCUT2D eigenvalue weighted by molar-refractivity contribution is 0.0799. The summed E-state index contributed by atoms with van der Waals surface area (Å²) in [7, 11) is 0. The van der Waals surface area contributed by atoms with Crippen LogP contribution in [0.25, 0.3) is 0 Å². The van der Waals surface area contributed by atoms with Gasteiger partial charge in [-0.2, -0.15) is 5.10 Å². The van der Waals surface area contributed by atoms with E-state index in [1.165, 1.54) is 10.9 Å². The fourth-order valence-electron chi connectivity index (χ4n) is 3.76. The minimum absolute atomic E-state index is 0.349. The SMILES string of the molecule is O=c1cc(C(F)F)ncn1CC1CCN(Cc2cc3n(n2)CCOC3)CC1. The fraction of sp³-hybridized carbons (Fsp3) is 0.611. The first-order valence-electron chi connectivity index (χ1n) is 9.29. The summed E-state index contributed by atoms with van der Waals surface area (Å²) in [5, 5.41) is 4.65. The van der Waals surface area contributed by atoms with Crippen LogP contribution >= 0.6 is 0 Å². The van der Waals surface area contributed by atoms with Gasteiger partial charge in [0.05, 0.1) is 37.5 Å². The predicted molar refractivity (Wildman–Crippen MR) is 93.3 cm³/mol. The highest BCUT2D eigenvalue weighted by Gasteiger charge is 2.22. The van der Waals surface area contributed by atoms with Crippen LogP contribution in [0.1, 0.15) is 36.3 Å². The number of fused-ring (bicyclic) bond motifs is 1. The molecule has 0 radical (unpaired) electrons. The summed E-state index contributed by atoms with van der Waals surface area (Å²) in [5.74, 6) is 0.349. The van der Waals surface area contributed by atoms with Gasteiger partial charge in [-0.1, -0.05) is 0 Å². The number of hydrogen-bond acceptors (Lipinski definition) is 5. The maximum absolute atomic E-state index is 12.6. The average Bonchev–Trinajstić information content (AvgIpc) is 3.07. The van der Waals surface area contributed by atoms with Crippen LogP contribution in [0.5, 0.6) is 0 Å². The molecule has 0 saturated carbocycles. The van der Waals surface area contributed by atoms with Crippen LogP contribution in [0.4, 0.5) is 8.78 Å². The Kier molecular flexibility index (Phi) is 5.31. The molecule has 2 aromatic heterocycles. The Balaban J connectivity index is 1.30. The van der Waals surface area contributed by atoms with Gasteiger partial charge in [0.25, 0.3) is 12.0 Å². The van der Waals surface area contributed by atoms with E-state index in [1.807, 2.05) is 4.68 Å². The lowest BCUT2D eigenvalue weighted by Crippen LogP contribution is -2.36. The Labute approximate surface area is 155 Å². The minimum atomic E-state index is -2.71. The number of hydrogen-bond donors (Lipinski definition) is 0. The molecule has 2 aliphatic rings. The molecule has 7 nitrogen and oxygen atoms in total. The maximum Gasteiger partial charge on any atom is 0.280 e. The fourth-order valence-corrected chi connectivity index (χ4v) is 3.76. The molecule has 0 atom stereocenters. The van der Waals surface area contributed by atoms with Crippen molar-refractivity contribution in [3.8, 4) is 0 Å². The summed E-state index contributed by atoms with van der Waals surface area (Å²) in [5.41, 5.74) is 1.33. The highest BCUT2D eigenvalue weighted by atomic mass is 19.3. The molecular weight excluding hydrogens is 356 g/mol. The molecule has 0 amide bonds. The molecule has 9 heteroatoms. The van der Waals surface area contributed by atoms with E-state index in [0.29, 0.717) is 25.7 Å². The molecule has 27 heavy (non-hydrogen) atoms. The van der Waals surface area contributed by atoms with Gasteiger partial charge < -0.3 is 4.74 Å². The van der Waals surface area contributed by atoms with Crippen molar-refractivity contribution >= 4 is 0 Å². The largest absolute Gasteiger partial charge is 0.373 e. The second kappa shape index (κ2) is 7.85. The van der Waals surface area contributed by atoms with Crippen LogP contribution in [0, 0.1) is 5.92 Å². The van der Waals surface area contributed by atoms with Crippen molar-refractivity contribution in [2.75, 3.05) is 19.7 Å². The zero-order valence-corrected chi connectivity index (χ0v) is 15.1. The van der Waals surface area contributed by atoms with Crippen molar-refractivity contribution < 1.29 is 13.5 Å². The van der Waals surface area contributed by atoms with E-state index in [1.54, 1.807) is 0 Å². The van der Waals surface area contributed by atoms with Gasteiger partial charge in [-0.3, -0.25) is 18.9 Å². The van der Waals surface area contributed by atoms with Gasteiger partial charge in [0.1, 0.15) is 5.69 Å². The Hall–Kier alpha value is -2.13. The third-order valence-corrected chi connectivity index (χ3v) is 5.28. The van der Waals surface area contributed by atoms with Crippen molar-refractivity contribution in [1.29, 1.82) is 0 Å². The molecule has 0 unspecified atom stereocenters. The van der Waals surface area contributed by atoms with E-state index < -0.39 is 17.7 Å². The van der Waals surface area contributed by atoms with Crippen LogP contribution in [0.2, 0.25) is 0 Å². The molecule has 0 bridgehead atoms. The zero-order valence-electron chi connectivity index (χ0n) is 15.1. The van der Waals surface area contributed by atoms with E-state index in [0.717, 1.165) is 56.5 Å². The van der Waals surface area contributed by atoms with Gasteiger partial charge in [-0.25, -0.2) is 13.8 Å². The van der Waals surface area contributed by atoms with Crippen LogP contribution in [-0.4, -0.2) is 43.9 Å². The van der Waals surface area contributed by atoms with Crippen molar-refractivity contribution in [2.45, 2.75) is 45.5 Å². The molecule has 146 valence electrons. The first kappa shape index (κ1) is 18.2. The topological polar surface area (TPSA) is 65.2 Å². The van der Waals surface area contributed by atoms with Gasteiger partial charge in [0.2, 0.25) is 0 Å². The van der Waals surface area contributed by atoms with E-state index in [-0.39, 0.29) is 0 Å². The summed E-state index contributed by atoms with van der Waals surface area (Å²) in [6, 6.07) is 3.05. The Morgan fingerprint density at radius 1 is 1.22 bits per heavy atom. The second-order valence-corrected chi connectivity index (χ2v) is 7.23. The number of piperidine rings is 1. The normalized spacial score (nSPS) is 18.8. The van der Waals surface area contributed by atoms with E-state index in [9.17, 15) is 13.6 Å². The number of aromatic nitrogens is 4. The highest BCUT2D eigenvalue weighted by molar-refractivity contribution is 5.11. The standard InChI is InChI=1S/C18H23F2N5O2/c19-18(20)16-8-17(26)24(12-21-16)9-13-1-3-23(4-2-13)10-14-7-15-11-27-6-5-25(15)22-14/h7-8,12-13,18H,1-6,9-11H2. The van der Waals surface area contributed by atoms with Crippen LogP contribution in [-0.2, 0) is 31.0 Å². The molecule has 2 aliphatic heterocycles. The molecular formula is C18H23F2N5O2. The molecule has 0 aliphatic carbocycles. The number of nitrogens with zero attached hydrogens (tertiary/aromatic N) is 5. The first-order valence-corrected chi connectivity index (χ1v) is 9.29. The maximum atomic E-state index is 12.6. The summed E-state index contributed by atoms with van der Waals surface area (Å²) in [4.78, 5) is 18.0. The quantitative estimate of drug-likeness (QED) is 0.793. The number of halogens is 2. The Morgan fingerprint density at radius 2 is 2.04 bits per heavy atom. The third kappa shape index (κ3) is 4.24. The summed E-state index contributed by atoms with van der Waals surface area (Å²) >= 11 is 0. The van der Waals surface area contributed by atoms with Crippen LogP contribution < -0.4 is 5.56 Å². The van der Waals surface area contributed by atoms with Gasteiger partial charge in [-0.15, -0.1) is 0 Å². The Bertz CT molecular complexity index is 819. The molecule has 1 fully saturated rings. The summed E-state index contributed by atoms with van der Waals surface area (Å²) in [6.07, 6.45) is 0.448. The number of likely N-dealkylation sites (tertiary alicyclic amines) is 1. The first-order chi connectivity index (χ1) is 13.1. The van der Waals surface area contributed by atoms with Gasteiger partial charge >= 0.3 is 0 Å². The highest BCUT2D eigenvalue weighted by Crippen LogP contribution is 2.21. The molecule has 1 saturated heterocycles. The molecule has 4 heterocycles. The molecule has 0 spiro atoms. The van der Waals surface area contributed by atoms with E-state index in [4.69, 9.17) is 4.74 Å². The molecule has 4 rings (SSSR count). The van der Waals surface area contributed by atoms with E-state index >= 15 is 0 Å². The Morgan fingerprint density at radius 3 is 2.74 bits per heavy atom. The third-order valence-electron chi connectivity index (χ3n) is 5.28. The number of rotatable bonds is 5. The van der Waals surface area contributed by atoms with Crippen molar-refractivity contribution in [1.82, 2.24) is 24.2 Å². The number of alkyl halides is 2. The summed E-state index contributed by atoms with van der Waals surface area (Å²) in [6.45, 7) is 5.36. The lowest BCUT2D eigenvalue weighted by atomic mass is 9.96. The van der Waals surface area contributed by atoms with Crippen molar-refractivity contribution in [3.05, 3.63) is 45.9 Å². The lowest BCUT2D eigenvalue weighted by Gasteiger charge is -2.31. The smallest absolute Gasteiger partial charge is 0.280 e.